The summed E-state index contributed by atoms with van der Waals surface area (Å²) in [5.41, 5.74) is 0.346. The van der Waals surface area contributed by atoms with Crippen LogP contribution in [0, 0.1) is 0 Å². The normalized spacial score (nSPS) is 12.9. The van der Waals surface area contributed by atoms with E-state index >= 15 is 0 Å². The molecule has 0 unspecified atom stereocenters. The number of hydrogen-bond acceptors (Lipinski definition) is 6. The van der Waals surface area contributed by atoms with Gasteiger partial charge in [-0.3, -0.25) is 0 Å². The van der Waals surface area contributed by atoms with E-state index in [1.54, 1.807) is 6.08 Å². The molecule has 3 aromatic rings. The maximum atomic E-state index is 6.03. The smallest absolute Gasteiger partial charge is 0.232 e. The molecule has 0 atom stereocenters. The van der Waals surface area contributed by atoms with Crippen molar-refractivity contribution in [2.24, 2.45) is 0 Å². The van der Waals surface area contributed by atoms with Crippen LogP contribution in [-0.4, -0.2) is 8.80 Å². The molecule has 0 radical (unpaired) electrons. The van der Waals surface area contributed by atoms with Gasteiger partial charge >= 0.3 is 8.80 Å². The Morgan fingerprint density at radius 1 is 0.541 bits per heavy atom. The third kappa shape index (κ3) is 7.93. The molecule has 0 aliphatic rings. The third-order valence-corrected chi connectivity index (χ3v) is 7.73. The molecule has 0 aliphatic carbocycles. The van der Waals surface area contributed by atoms with Crippen molar-refractivity contribution in [1.29, 1.82) is 0 Å². The molecule has 0 bridgehead atoms. The summed E-state index contributed by atoms with van der Waals surface area (Å²) in [6.07, 6.45) is 1.64. The average Bonchev–Trinajstić information content (AvgIpc) is 2.91. The summed E-state index contributed by atoms with van der Waals surface area (Å²) >= 11 is 0. The minimum atomic E-state index is -3.81. The highest BCUT2D eigenvalue weighted by atomic mass is 28.4. The van der Waals surface area contributed by atoms with Crippen molar-refractivity contribution in [3.05, 3.63) is 120 Å². The topological polar surface area (TPSA) is 55.4 Å². The monoisotopic (exact) mass is 522 g/mol. The summed E-state index contributed by atoms with van der Waals surface area (Å²) in [4.78, 5) is 17.9. The van der Waals surface area contributed by atoms with Crippen LogP contribution in [0.4, 0.5) is 0 Å². The first-order chi connectivity index (χ1) is 17.5. The van der Waals surface area contributed by atoms with Gasteiger partial charge in [-0.25, -0.2) is 28.4 Å². The largest absolute Gasteiger partial charge is 0.588 e. The van der Waals surface area contributed by atoms with Crippen molar-refractivity contribution in [3.8, 4) is 0 Å². The van der Waals surface area contributed by atoms with Gasteiger partial charge in [-0.2, -0.15) is 0 Å². The molecule has 0 aliphatic heterocycles. The molecule has 0 saturated heterocycles. The maximum Gasteiger partial charge on any atom is 0.588 e. The molecule has 3 aromatic carbocycles. The van der Waals surface area contributed by atoms with E-state index in [4.69, 9.17) is 28.4 Å². The van der Waals surface area contributed by atoms with Gasteiger partial charge in [0.1, 0.15) is 16.8 Å². The summed E-state index contributed by atoms with van der Waals surface area (Å²) in [6, 6.07) is 29.5. The molecular weight excluding hydrogens is 484 g/mol. The first-order valence-electron chi connectivity index (χ1n) is 12.4. The summed E-state index contributed by atoms with van der Waals surface area (Å²) in [7, 11) is -3.81. The number of allylic oxidation sites excluding steroid dienone is 1. The Kier molecular flexibility index (Phi) is 9.61. The fourth-order valence-electron chi connectivity index (χ4n) is 3.49. The van der Waals surface area contributed by atoms with Gasteiger partial charge in [0.2, 0.25) is 0 Å². The van der Waals surface area contributed by atoms with Gasteiger partial charge < -0.3 is 0 Å². The Morgan fingerprint density at radius 3 is 1.05 bits per heavy atom. The third-order valence-electron chi connectivity index (χ3n) is 5.93. The predicted molar refractivity (Wildman–Crippen MR) is 146 cm³/mol. The molecule has 37 heavy (non-hydrogen) atoms. The van der Waals surface area contributed by atoms with Gasteiger partial charge in [0, 0.05) is 6.04 Å². The average molecular weight is 523 g/mol. The standard InChI is InChI=1S/C30H38O6Si/c1-8-24-37(34-31-28(2,3)25-18-12-9-13-19-25,35-32-29(4,5)26-20-14-10-15-21-26)36-33-30(6,7)27-22-16-11-17-23-27/h8-23H,1,24H2,2-7H3. The van der Waals surface area contributed by atoms with E-state index in [0.29, 0.717) is 0 Å². The highest BCUT2D eigenvalue weighted by Crippen LogP contribution is 2.34. The van der Waals surface area contributed by atoms with Gasteiger partial charge in [0.25, 0.3) is 0 Å². The lowest BCUT2D eigenvalue weighted by molar-refractivity contribution is -0.418. The Morgan fingerprint density at radius 2 is 0.811 bits per heavy atom. The fraction of sp³-hybridized carbons (Fsp3) is 0.333. The van der Waals surface area contributed by atoms with Crippen LogP contribution < -0.4 is 0 Å². The van der Waals surface area contributed by atoms with Crippen LogP contribution in [0.3, 0.4) is 0 Å². The van der Waals surface area contributed by atoms with Crippen molar-refractivity contribution in [2.75, 3.05) is 0 Å². The van der Waals surface area contributed by atoms with E-state index in [2.05, 4.69) is 6.58 Å². The highest BCUT2D eigenvalue weighted by molar-refractivity contribution is 6.60. The maximum absolute atomic E-state index is 6.03. The molecule has 6 nitrogen and oxygen atoms in total. The molecule has 3 rings (SSSR count). The van der Waals surface area contributed by atoms with Crippen LogP contribution in [0.15, 0.2) is 104 Å². The zero-order chi connectivity index (χ0) is 27.0. The van der Waals surface area contributed by atoms with Crippen molar-refractivity contribution in [2.45, 2.75) is 64.4 Å². The van der Waals surface area contributed by atoms with Crippen molar-refractivity contribution in [3.63, 3.8) is 0 Å². The van der Waals surface area contributed by atoms with Crippen LogP contribution in [-0.2, 0) is 45.2 Å². The minimum Gasteiger partial charge on any atom is -0.232 e. The van der Waals surface area contributed by atoms with Crippen LogP contribution in [0.2, 0.25) is 6.04 Å². The molecule has 0 N–H and O–H groups in total. The lowest BCUT2D eigenvalue weighted by Gasteiger charge is -2.35. The zero-order valence-corrected chi connectivity index (χ0v) is 23.6. The molecule has 0 saturated carbocycles. The van der Waals surface area contributed by atoms with Crippen LogP contribution in [0.25, 0.3) is 0 Å². The number of hydrogen-bond donors (Lipinski definition) is 0. The second-order valence-electron chi connectivity index (χ2n) is 10.3. The first-order valence-corrected chi connectivity index (χ1v) is 14.3. The molecule has 0 spiro atoms. The van der Waals surface area contributed by atoms with Crippen molar-refractivity contribution in [1.82, 2.24) is 0 Å². The fourth-order valence-corrected chi connectivity index (χ4v) is 5.13. The van der Waals surface area contributed by atoms with E-state index in [0.717, 1.165) is 16.7 Å². The molecule has 198 valence electrons. The van der Waals surface area contributed by atoms with Crippen molar-refractivity contribution < 1.29 is 28.4 Å². The highest BCUT2D eigenvalue weighted by Gasteiger charge is 2.50. The van der Waals surface area contributed by atoms with Gasteiger partial charge in [-0.15, -0.1) is 6.58 Å². The van der Waals surface area contributed by atoms with Crippen LogP contribution in [0.1, 0.15) is 58.2 Å². The molecule has 0 aromatic heterocycles. The summed E-state index contributed by atoms with van der Waals surface area (Å²) in [5.74, 6) is 0. The van der Waals surface area contributed by atoms with Crippen LogP contribution >= 0.6 is 0 Å². The van der Waals surface area contributed by atoms with E-state index in [-0.39, 0.29) is 6.04 Å². The van der Waals surface area contributed by atoms with Crippen molar-refractivity contribution >= 4 is 8.80 Å². The Balaban J connectivity index is 1.86. The predicted octanol–water partition coefficient (Wildman–Crippen LogP) is 7.76. The SMILES string of the molecule is C=CC[Si](OOC(C)(C)c1ccccc1)(OOC(C)(C)c1ccccc1)OOC(C)(C)c1ccccc1. The minimum absolute atomic E-state index is 0.174. The summed E-state index contributed by atoms with van der Waals surface area (Å²) < 4.78 is 18.1. The lowest BCUT2D eigenvalue weighted by atomic mass is 9.99. The summed E-state index contributed by atoms with van der Waals surface area (Å²) in [6.45, 7) is 15.3. The van der Waals surface area contributed by atoms with Gasteiger partial charge in [0.05, 0.1) is 0 Å². The first kappa shape index (κ1) is 28.9. The van der Waals surface area contributed by atoms with Gasteiger partial charge in [-0.05, 0) is 58.2 Å². The van der Waals surface area contributed by atoms with Gasteiger partial charge in [-0.1, -0.05) is 97.1 Å². The van der Waals surface area contributed by atoms with Gasteiger partial charge in [0.15, 0.2) is 0 Å². The molecule has 0 amide bonds. The molecule has 7 heteroatoms. The van der Waals surface area contributed by atoms with E-state index in [9.17, 15) is 0 Å². The number of benzene rings is 3. The quantitative estimate of drug-likeness (QED) is 0.0933. The van der Waals surface area contributed by atoms with E-state index in [1.807, 2.05) is 133 Å². The molecular formula is C30H38O6Si. The summed E-state index contributed by atoms with van der Waals surface area (Å²) in [5, 5.41) is 0. The lowest BCUT2D eigenvalue weighted by Crippen LogP contribution is -2.49. The van der Waals surface area contributed by atoms with E-state index < -0.39 is 25.6 Å². The Hall–Kier alpha value is -2.62. The second kappa shape index (κ2) is 12.3. The van der Waals surface area contributed by atoms with Crippen LogP contribution in [0.5, 0.6) is 0 Å². The Labute approximate surface area is 221 Å². The zero-order valence-electron chi connectivity index (χ0n) is 22.6. The molecule has 0 heterocycles. The Bertz CT molecular complexity index is 966. The molecule has 0 fully saturated rings. The number of rotatable bonds is 14. The second-order valence-corrected chi connectivity index (χ2v) is 12.6. The van der Waals surface area contributed by atoms with E-state index in [1.165, 1.54) is 0 Å².